The molecule has 0 unspecified atom stereocenters. The van der Waals surface area contributed by atoms with Crippen molar-refractivity contribution in [1.29, 1.82) is 5.26 Å². The number of hydrogen-bond donors (Lipinski definition) is 0. The van der Waals surface area contributed by atoms with E-state index in [1.165, 1.54) is 9.80 Å². The first-order valence-corrected chi connectivity index (χ1v) is 8.00. The number of likely N-dealkylation sites (tertiary alicyclic amines) is 2. The van der Waals surface area contributed by atoms with Gasteiger partial charge in [-0.05, 0) is 45.6 Å². The summed E-state index contributed by atoms with van der Waals surface area (Å²) in [4.78, 5) is 30.9. The van der Waals surface area contributed by atoms with Crippen LogP contribution in [-0.2, 0) is 9.53 Å². The van der Waals surface area contributed by atoms with Crippen LogP contribution in [0.1, 0.15) is 40.0 Å². The Morgan fingerprint density at radius 2 is 2.08 bits per heavy atom. The summed E-state index contributed by atoms with van der Waals surface area (Å²) in [7, 11) is 0. The van der Waals surface area contributed by atoms with Gasteiger partial charge in [-0.3, -0.25) is 9.69 Å². The van der Waals surface area contributed by atoms with Crippen molar-refractivity contribution in [3.8, 4) is 6.07 Å². The molecule has 3 atom stereocenters. The largest absolute Gasteiger partial charge is 0.444 e. The summed E-state index contributed by atoms with van der Waals surface area (Å²) in [5.41, 5.74) is 7.95. The molecule has 0 radical (unpaired) electrons. The maximum atomic E-state index is 12.8. The van der Waals surface area contributed by atoms with Gasteiger partial charge in [0.15, 0.2) is 0 Å². The van der Waals surface area contributed by atoms with Crippen LogP contribution in [0.15, 0.2) is 5.11 Å². The van der Waals surface area contributed by atoms with Crippen LogP contribution < -0.4 is 0 Å². The zero-order valence-electron chi connectivity index (χ0n) is 14.2. The SMILES string of the molecule is CC(C)(C)OC(=O)N1C[C@@H](N=[N+]=[N-])C[C@H]1C(=O)N1CCC[C@H]1C#N. The van der Waals surface area contributed by atoms with E-state index in [1.807, 2.05) is 0 Å². The molecule has 24 heavy (non-hydrogen) atoms. The zero-order valence-corrected chi connectivity index (χ0v) is 14.2. The Hall–Kier alpha value is -2.46. The fourth-order valence-corrected chi connectivity index (χ4v) is 3.08. The van der Waals surface area contributed by atoms with Gasteiger partial charge in [0, 0.05) is 18.0 Å². The Bertz CT molecular complexity index is 601. The molecule has 2 aliphatic heterocycles. The van der Waals surface area contributed by atoms with E-state index in [9.17, 15) is 14.9 Å². The van der Waals surface area contributed by atoms with E-state index < -0.39 is 29.8 Å². The number of hydrogen-bond acceptors (Lipinski definition) is 5. The molecular weight excluding hydrogens is 312 g/mol. The molecule has 2 heterocycles. The monoisotopic (exact) mass is 334 g/mol. The molecule has 2 rings (SSSR count). The molecule has 130 valence electrons. The van der Waals surface area contributed by atoms with Crippen LogP contribution in [-0.4, -0.2) is 58.6 Å². The van der Waals surface area contributed by atoms with Gasteiger partial charge < -0.3 is 9.64 Å². The van der Waals surface area contributed by atoms with Gasteiger partial charge in [-0.25, -0.2) is 4.79 Å². The van der Waals surface area contributed by atoms with Crippen molar-refractivity contribution in [1.82, 2.24) is 9.80 Å². The fraction of sp³-hybridized carbons (Fsp3) is 0.800. The predicted octanol–water partition coefficient (Wildman–Crippen LogP) is 2.19. The van der Waals surface area contributed by atoms with Crippen LogP contribution in [0.25, 0.3) is 10.4 Å². The number of rotatable bonds is 2. The summed E-state index contributed by atoms with van der Waals surface area (Å²) < 4.78 is 5.36. The lowest BCUT2D eigenvalue weighted by Gasteiger charge is -2.31. The number of nitrogens with zero attached hydrogens (tertiary/aromatic N) is 6. The highest BCUT2D eigenvalue weighted by atomic mass is 16.6. The summed E-state index contributed by atoms with van der Waals surface area (Å²) in [6.45, 7) is 5.88. The van der Waals surface area contributed by atoms with Crippen molar-refractivity contribution < 1.29 is 14.3 Å². The number of azide groups is 1. The standard InChI is InChI=1S/C15H22N6O3/c1-15(2,3)24-14(23)21-9-10(18-19-17)7-12(21)13(22)20-6-4-5-11(20)8-16/h10-12H,4-7,9H2,1-3H3/t10-,11-,12-/m0/s1. The average Bonchev–Trinajstić information content (AvgIpc) is 3.11. The highest BCUT2D eigenvalue weighted by Crippen LogP contribution is 2.27. The highest BCUT2D eigenvalue weighted by Gasteiger charge is 2.44. The first-order chi connectivity index (χ1) is 11.3. The second kappa shape index (κ2) is 6.97. The Morgan fingerprint density at radius 3 is 2.67 bits per heavy atom. The summed E-state index contributed by atoms with van der Waals surface area (Å²) in [5.74, 6) is -0.277. The lowest BCUT2D eigenvalue weighted by atomic mass is 10.1. The molecule has 0 saturated carbocycles. The summed E-state index contributed by atoms with van der Waals surface area (Å²) >= 11 is 0. The van der Waals surface area contributed by atoms with Gasteiger partial charge >= 0.3 is 6.09 Å². The fourth-order valence-electron chi connectivity index (χ4n) is 3.08. The lowest BCUT2D eigenvalue weighted by molar-refractivity contribution is -0.135. The van der Waals surface area contributed by atoms with E-state index in [0.717, 1.165) is 6.42 Å². The first-order valence-electron chi connectivity index (χ1n) is 8.00. The third kappa shape index (κ3) is 3.89. The van der Waals surface area contributed by atoms with E-state index in [1.54, 1.807) is 20.8 Å². The minimum Gasteiger partial charge on any atom is -0.444 e. The zero-order chi connectivity index (χ0) is 17.9. The van der Waals surface area contributed by atoms with Gasteiger partial charge in [-0.2, -0.15) is 5.26 Å². The number of amides is 2. The third-order valence-corrected chi connectivity index (χ3v) is 4.09. The Labute approximate surface area is 140 Å². The molecule has 0 bridgehead atoms. The van der Waals surface area contributed by atoms with Crippen molar-refractivity contribution in [2.24, 2.45) is 5.11 Å². The summed E-state index contributed by atoms with van der Waals surface area (Å²) in [6.07, 6.45) is 1.05. The van der Waals surface area contributed by atoms with Crippen molar-refractivity contribution in [3.05, 3.63) is 10.4 Å². The molecule has 9 nitrogen and oxygen atoms in total. The number of carbonyl (C=O) groups is 2. The normalized spacial score (nSPS) is 26.7. The molecule has 2 amide bonds. The van der Waals surface area contributed by atoms with E-state index in [4.69, 9.17) is 10.3 Å². The van der Waals surface area contributed by atoms with E-state index in [2.05, 4.69) is 16.1 Å². The van der Waals surface area contributed by atoms with Crippen LogP contribution in [0.3, 0.4) is 0 Å². The molecule has 9 heteroatoms. The number of carbonyl (C=O) groups excluding carboxylic acids is 2. The lowest BCUT2D eigenvalue weighted by Crippen LogP contribution is -2.50. The molecule has 2 saturated heterocycles. The van der Waals surface area contributed by atoms with Crippen molar-refractivity contribution in [2.75, 3.05) is 13.1 Å². The van der Waals surface area contributed by atoms with E-state index in [0.29, 0.717) is 13.0 Å². The van der Waals surface area contributed by atoms with E-state index >= 15 is 0 Å². The molecule has 0 aromatic heterocycles. The second-order valence-electron chi connectivity index (χ2n) is 7.06. The first kappa shape index (κ1) is 17.9. The van der Waals surface area contributed by atoms with Crippen molar-refractivity contribution in [3.63, 3.8) is 0 Å². The van der Waals surface area contributed by atoms with Gasteiger partial charge in [0.05, 0.1) is 12.1 Å². The molecule has 0 aromatic carbocycles. The molecular formula is C15H22N6O3. The minimum atomic E-state index is -0.760. The van der Waals surface area contributed by atoms with Crippen molar-refractivity contribution in [2.45, 2.75) is 63.8 Å². The molecule has 2 fully saturated rings. The van der Waals surface area contributed by atoms with Gasteiger partial charge in [0.1, 0.15) is 17.7 Å². The summed E-state index contributed by atoms with van der Waals surface area (Å²) in [5, 5.41) is 12.8. The number of nitriles is 1. The summed E-state index contributed by atoms with van der Waals surface area (Å²) in [6, 6.07) is 0.431. The smallest absolute Gasteiger partial charge is 0.410 e. The topological polar surface area (TPSA) is 122 Å². The Morgan fingerprint density at radius 1 is 1.38 bits per heavy atom. The molecule has 2 aliphatic rings. The Balaban J connectivity index is 2.20. The minimum absolute atomic E-state index is 0.139. The maximum absolute atomic E-state index is 12.8. The molecule has 0 N–H and O–H groups in total. The van der Waals surface area contributed by atoms with Crippen LogP contribution in [0.2, 0.25) is 0 Å². The average molecular weight is 334 g/mol. The van der Waals surface area contributed by atoms with Gasteiger partial charge in [-0.15, -0.1) is 0 Å². The van der Waals surface area contributed by atoms with Crippen LogP contribution >= 0.6 is 0 Å². The molecule has 0 spiro atoms. The van der Waals surface area contributed by atoms with E-state index in [-0.39, 0.29) is 18.9 Å². The molecule has 0 aromatic rings. The Kier molecular flexibility index (Phi) is 5.20. The predicted molar refractivity (Wildman–Crippen MR) is 84.6 cm³/mol. The van der Waals surface area contributed by atoms with Gasteiger partial charge in [-0.1, -0.05) is 5.11 Å². The van der Waals surface area contributed by atoms with Crippen LogP contribution in [0.5, 0.6) is 0 Å². The van der Waals surface area contributed by atoms with Gasteiger partial charge in [0.25, 0.3) is 0 Å². The van der Waals surface area contributed by atoms with Crippen molar-refractivity contribution >= 4 is 12.0 Å². The maximum Gasteiger partial charge on any atom is 0.410 e. The number of ether oxygens (including phenoxy) is 1. The highest BCUT2D eigenvalue weighted by molar-refractivity contribution is 5.87. The van der Waals surface area contributed by atoms with Gasteiger partial charge in [0.2, 0.25) is 5.91 Å². The van der Waals surface area contributed by atoms with Crippen LogP contribution in [0.4, 0.5) is 4.79 Å². The quantitative estimate of drug-likeness (QED) is 0.436. The molecule has 0 aliphatic carbocycles. The third-order valence-electron chi connectivity index (χ3n) is 4.09. The second-order valence-corrected chi connectivity index (χ2v) is 7.06. The van der Waals surface area contributed by atoms with Crippen LogP contribution in [0, 0.1) is 11.3 Å².